The lowest BCUT2D eigenvalue weighted by Gasteiger charge is -2.40. The molecule has 0 saturated carbocycles. The summed E-state index contributed by atoms with van der Waals surface area (Å²) in [6.45, 7) is 11.1. The molecule has 10 nitrogen and oxygen atoms in total. The van der Waals surface area contributed by atoms with Gasteiger partial charge in [-0.25, -0.2) is 22.9 Å². The number of aromatic amines is 1. The third kappa shape index (κ3) is 9.29. The van der Waals surface area contributed by atoms with Gasteiger partial charge in [0.15, 0.2) is 5.82 Å². The molecule has 1 fully saturated rings. The van der Waals surface area contributed by atoms with Crippen LogP contribution in [0.1, 0.15) is 83.1 Å². The molecule has 2 aromatic rings. The molecule has 39 heavy (non-hydrogen) atoms. The molecule has 2 N–H and O–H groups in total. The highest BCUT2D eigenvalue weighted by Gasteiger charge is 2.31. The number of sulfonamides is 1. The first-order chi connectivity index (χ1) is 18.6. The smallest absolute Gasteiger partial charge is 0.320 e. The number of hydrogen-bond donors (Lipinski definition) is 2. The zero-order chi connectivity index (χ0) is 28.4. The largest absolute Gasteiger partial charge is 0.320 e. The molecule has 0 radical (unpaired) electrons. The molecule has 1 aromatic heterocycles. The maximum atomic E-state index is 13.2. The maximum Gasteiger partial charge on any atom is 0.320 e. The number of carbonyl (C=O) groups is 1. The van der Waals surface area contributed by atoms with Crippen molar-refractivity contribution in [3.05, 3.63) is 47.5 Å². The Hall–Kier alpha value is -2.50. The number of likely N-dealkylation sites (tertiary alicyclic amines) is 1. The van der Waals surface area contributed by atoms with Gasteiger partial charge in [-0.3, -0.25) is 5.10 Å². The van der Waals surface area contributed by atoms with E-state index in [-0.39, 0.29) is 30.4 Å². The third-order valence-electron chi connectivity index (χ3n) is 7.67. The standard InChI is InChI=1S/C28H47N7O3S/c1-6-34(7-2)19-12-20-39(37,38)32-25(18-17-24-15-9-8-10-16-24)27-29-26(30-31-27)21-33(5)28(36)35-22(3)13-11-14-23(35)4/h8-10,15-16,22-23,25,32H,6-7,11-14,17-21H2,1-5H3,(H,29,30,31)/t22?,23?,25-/m1/s1. The second-order valence-electron chi connectivity index (χ2n) is 10.7. The van der Waals surface area contributed by atoms with E-state index < -0.39 is 16.1 Å². The quantitative estimate of drug-likeness (QED) is 0.361. The highest BCUT2D eigenvalue weighted by Crippen LogP contribution is 2.24. The number of carbonyl (C=O) groups excluding carboxylic acids is 1. The van der Waals surface area contributed by atoms with E-state index in [9.17, 15) is 13.2 Å². The van der Waals surface area contributed by atoms with Gasteiger partial charge in [0.05, 0.1) is 18.3 Å². The van der Waals surface area contributed by atoms with Crippen molar-refractivity contribution in [1.82, 2.24) is 34.6 Å². The predicted molar refractivity (Wildman–Crippen MR) is 155 cm³/mol. The summed E-state index contributed by atoms with van der Waals surface area (Å²) in [4.78, 5) is 23.6. The first kappa shape index (κ1) is 31.0. The van der Waals surface area contributed by atoms with E-state index in [1.165, 1.54) is 0 Å². The second kappa shape index (κ2) is 14.8. The van der Waals surface area contributed by atoms with Gasteiger partial charge in [-0.1, -0.05) is 44.2 Å². The molecule has 3 rings (SSSR count). The number of H-pyrrole nitrogens is 1. The Balaban J connectivity index is 1.69. The topological polar surface area (TPSA) is 115 Å². The molecule has 1 aliphatic heterocycles. The minimum absolute atomic E-state index is 0.0319. The Morgan fingerprint density at radius 1 is 1.15 bits per heavy atom. The number of benzene rings is 1. The van der Waals surface area contributed by atoms with Crippen molar-refractivity contribution in [1.29, 1.82) is 0 Å². The lowest BCUT2D eigenvalue weighted by Crippen LogP contribution is -2.52. The van der Waals surface area contributed by atoms with Crippen LogP contribution in [0.4, 0.5) is 4.79 Å². The summed E-state index contributed by atoms with van der Waals surface area (Å²) in [6, 6.07) is 9.80. The summed E-state index contributed by atoms with van der Waals surface area (Å²) >= 11 is 0. The fourth-order valence-electron chi connectivity index (χ4n) is 5.31. The van der Waals surface area contributed by atoms with E-state index in [2.05, 4.69) is 52.5 Å². The molecule has 1 saturated heterocycles. The van der Waals surface area contributed by atoms with Gasteiger partial charge in [0, 0.05) is 19.1 Å². The molecule has 2 heterocycles. The van der Waals surface area contributed by atoms with Crippen LogP contribution in [0, 0.1) is 0 Å². The maximum absolute atomic E-state index is 13.2. The minimum atomic E-state index is -3.54. The van der Waals surface area contributed by atoms with Gasteiger partial charge in [-0.2, -0.15) is 5.10 Å². The van der Waals surface area contributed by atoms with E-state index in [0.29, 0.717) is 30.9 Å². The minimum Gasteiger partial charge on any atom is -0.320 e. The van der Waals surface area contributed by atoms with E-state index in [1.807, 2.05) is 35.2 Å². The SMILES string of the molecule is CCN(CC)CCCS(=O)(=O)N[C@H](CCc1ccccc1)c1nc(CN(C)C(=O)N2C(C)CCCC2C)n[nH]1. The molecule has 0 aliphatic carbocycles. The highest BCUT2D eigenvalue weighted by atomic mass is 32.2. The average Bonchev–Trinajstić information content (AvgIpc) is 3.37. The number of piperidine rings is 1. The number of aryl methyl sites for hydroxylation is 1. The number of nitrogens with one attached hydrogen (secondary N) is 2. The number of rotatable bonds is 14. The Morgan fingerprint density at radius 3 is 2.46 bits per heavy atom. The van der Waals surface area contributed by atoms with Crippen LogP contribution in [0.2, 0.25) is 0 Å². The van der Waals surface area contributed by atoms with Crippen LogP contribution >= 0.6 is 0 Å². The fraction of sp³-hybridized carbons (Fsp3) is 0.679. The second-order valence-corrected chi connectivity index (χ2v) is 12.6. The molecular weight excluding hydrogens is 514 g/mol. The van der Waals surface area contributed by atoms with Crippen molar-refractivity contribution in [2.24, 2.45) is 0 Å². The molecule has 2 amide bonds. The molecule has 1 aliphatic rings. The number of urea groups is 1. The lowest BCUT2D eigenvalue weighted by atomic mass is 9.98. The molecule has 11 heteroatoms. The zero-order valence-electron chi connectivity index (χ0n) is 24.3. The van der Waals surface area contributed by atoms with Crippen molar-refractivity contribution in [2.45, 2.75) is 90.9 Å². The summed E-state index contributed by atoms with van der Waals surface area (Å²) in [5.41, 5.74) is 1.12. The number of hydrogen-bond acceptors (Lipinski definition) is 6. The predicted octanol–water partition coefficient (Wildman–Crippen LogP) is 3.94. The van der Waals surface area contributed by atoms with Crippen LogP contribution in [-0.2, 0) is 23.0 Å². The first-order valence-corrected chi connectivity index (χ1v) is 16.0. The van der Waals surface area contributed by atoms with Crippen molar-refractivity contribution >= 4 is 16.1 Å². The molecule has 218 valence electrons. The van der Waals surface area contributed by atoms with Gasteiger partial charge in [0.2, 0.25) is 10.0 Å². The first-order valence-electron chi connectivity index (χ1n) is 14.3. The number of amides is 2. The van der Waals surface area contributed by atoms with Gasteiger partial charge in [-0.15, -0.1) is 0 Å². The summed E-state index contributed by atoms with van der Waals surface area (Å²) in [6.07, 6.45) is 4.93. The van der Waals surface area contributed by atoms with E-state index in [0.717, 1.165) is 44.5 Å². The normalized spacial score (nSPS) is 18.9. The van der Waals surface area contributed by atoms with Crippen molar-refractivity contribution in [3.8, 4) is 0 Å². The van der Waals surface area contributed by atoms with Gasteiger partial charge in [0.1, 0.15) is 5.82 Å². The van der Waals surface area contributed by atoms with Crippen LogP contribution in [-0.4, -0.2) is 88.8 Å². The Morgan fingerprint density at radius 2 is 1.82 bits per heavy atom. The Kier molecular flexibility index (Phi) is 11.7. The summed E-state index contributed by atoms with van der Waals surface area (Å²) in [7, 11) is -1.77. The third-order valence-corrected chi connectivity index (χ3v) is 9.14. The highest BCUT2D eigenvalue weighted by molar-refractivity contribution is 7.89. The molecule has 0 bridgehead atoms. The molecule has 3 atom stereocenters. The fourth-order valence-corrected chi connectivity index (χ4v) is 6.60. The Bertz CT molecular complexity index is 1110. The van der Waals surface area contributed by atoms with Crippen molar-refractivity contribution in [2.75, 3.05) is 32.4 Å². The van der Waals surface area contributed by atoms with Gasteiger partial charge >= 0.3 is 6.03 Å². The lowest BCUT2D eigenvalue weighted by molar-refractivity contribution is 0.0963. The summed E-state index contributed by atoms with van der Waals surface area (Å²) in [5, 5.41) is 7.30. The summed E-state index contributed by atoms with van der Waals surface area (Å²) in [5.74, 6) is 0.980. The van der Waals surface area contributed by atoms with Crippen molar-refractivity contribution in [3.63, 3.8) is 0 Å². The Labute approximate surface area is 234 Å². The molecule has 2 unspecified atom stereocenters. The summed E-state index contributed by atoms with van der Waals surface area (Å²) < 4.78 is 29.0. The van der Waals surface area contributed by atoms with Gasteiger partial charge in [-0.05, 0) is 77.6 Å². The number of nitrogens with zero attached hydrogens (tertiary/aromatic N) is 5. The van der Waals surface area contributed by atoms with Crippen LogP contribution in [0.5, 0.6) is 0 Å². The average molecular weight is 562 g/mol. The van der Waals surface area contributed by atoms with Crippen LogP contribution in [0.15, 0.2) is 30.3 Å². The van der Waals surface area contributed by atoms with Crippen LogP contribution in [0.3, 0.4) is 0 Å². The van der Waals surface area contributed by atoms with Gasteiger partial charge in [0.25, 0.3) is 0 Å². The van der Waals surface area contributed by atoms with Gasteiger partial charge < -0.3 is 14.7 Å². The zero-order valence-corrected chi connectivity index (χ0v) is 25.1. The molecular formula is C28H47N7O3S. The molecule has 1 aromatic carbocycles. The number of aromatic nitrogens is 3. The molecule has 0 spiro atoms. The van der Waals surface area contributed by atoms with E-state index in [4.69, 9.17) is 0 Å². The van der Waals surface area contributed by atoms with E-state index in [1.54, 1.807) is 11.9 Å². The monoisotopic (exact) mass is 561 g/mol. The van der Waals surface area contributed by atoms with Crippen molar-refractivity contribution < 1.29 is 13.2 Å². The van der Waals surface area contributed by atoms with E-state index >= 15 is 0 Å². The van der Waals surface area contributed by atoms with Crippen LogP contribution in [0.25, 0.3) is 0 Å². The van der Waals surface area contributed by atoms with Crippen LogP contribution < -0.4 is 4.72 Å².